The zero-order valence-electron chi connectivity index (χ0n) is 10.4. The molecule has 0 aromatic rings. The molecule has 0 aromatic heterocycles. The summed E-state index contributed by atoms with van der Waals surface area (Å²) in [5.74, 6) is 0. The highest BCUT2D eigenvalue weighted by molar-refractivity contribution is 7.89. The molecule has 18 heavy (non-hydrogen) atoms. The first kappa shape index (κ1) is 17.4. The van der Waals surface area contributed by atoms with Crippen LogP contribution < -0.4 is 16.8 Å². The Morgan fingerprint density at radius 3 is 2.00 bits per heavy atom. The lowest BCUT2D eigenvalue weighted by atomic mass is 9.97. The van der Waals surface area contributed by atoms with Gasteiger partial charge in [0.2, 0.25) is 0 Å². The number of hydrogen-bond acceptors (Lipinski definition) is 4. The van der Waals surface area contributed by atoms with E-state index in [9.17, 15) is 0 Å². The van der Waals surface area contributed by atoms with Gasteiger partial charge in [0.25, 0.3) is 0 Å². The number of nitrogens with one attached hydrogen (secondary N) is 1. The minimum absolute atomic E-state index is 0.119. The van der Waals surface area contributed by atoms with E-state index in [1.807, 2.05) is 20.8 Å². The van der Waals surface area contributed by atoms with Crippen LogP contribution in [0.5, 0.6) is 0 Å². The van der Waals surface area contributed by atoms with Crippen molar-refractivity contribution in [3.63, 3.8) is 0 Å². The van der Waals surface area contributed by atoms with Gasteiger partial charge in [-0.3, -0.25) is 0 Å². The van der Waals surface area contributed by atoms with E-state index in [0.717, 1.165) is 5.71 Å². The molecule has 0 aliphatic rings. The van der Waals surface area contributed by atoms with Gasteiger partial charge in [-0.25, -0.2) is 4.99 Å². The van der Waals surface area contributed by atoms with Crippen molar-refractivity contribution in [1.82, 2.24) is 5.32 Å². The smallest absolute Gasteiger partial charge is 0.160 e. The van der Waals surface area contributed by atoms with E-state index >= 15 is 0 Å². The number of nitrogens with two attached hydrogens (primary N) is 2. The maximum atomic E-state index is 5.44. The highest BCUT2D eigenvalue weighted by atomic mass is 32.1. The molecule has 0 atom stereocenters. The third kappa shape index (κ3) is 7.00. The summed E-state index contributed by atoms with van der Waals surface area (Å²) in [5.41, 5.74) is 11.3. The molecule has 0 heterocycles. The van der Waals surface area contributed by atoms with Crippen molar-refractivity contribution in [3.05, 3.63) is 0 Å². The average molecular weight is 321 g/mol. The molecule has 0 spiro atoms. The van der Waals surface area contributed by atoms with E-state index in [2.05, 4.69) is 10.3 Å². The third-order valence-electron chi connectivity index (χ3n) is 1.88. The molecule has 5 N–H and O–H groups in total. The van der Waals surface area contributed by atoms with E-state index in [1.54, 1.807) is 0 Å². The van der Waals surface area contributed by atoms with Gasteiger partial charge in [0.05, 0.1) is 0 Å². The Labute approximate surface area is 129 Å². The number of aliphatic imine (C=N–C) groups is 1. The number of thiocarbonyl (C=S) groups is 4. The van der Waals surface area contributed by atoms with Crippen LogP contribution in [-0.2, 0) is 0 Å². The van der Waals surface area contributed by atoms with E-state index in [0.29, 0.717) is 11.4 Å². The van der Waals surface area contributed by atoms with Crippen molar-refractivity contribution in [2.75, 3.05) is 0 Å². The summed E-state index contributed by atoms with van der Waals surface area (Å²) in [6, 6.07) is 0. The summed E-state index contributed by atoms with van der Waals surface area (Å²) in [6.07, 6.45) is 0.610. The first-order chi connectivity index (χ1) is 8.05. The Morgan fingerprint density at radius 1 is 1.11 bits per heavy atom. The lowest BCUT2D eigenvalue weighted by Crippen LogP contribution is -2.48. The van der Waals surface area contributed by atoms with Gasteiger partial charge in [0, 0.05) is 17.7 Å². The van der Waals surface area contributed by atoms with Crippen molar-refractivity contribution >= 4 is 74.5 Å². The van der Waals surface area contributed by atoms with Crippen LogP contribution in [0, 0.1) is 0 Å². The lowest BCUT2D eigenvalue weighted by Gasteiger charge is -2.27. The minimum atomic E-state index is -0.333. The highest BCUT2D eigenvalue weighted by Crippen LogP contribution is 2.10. The number of hydrogen-bond donors (Lipinski definition) is 3. The van der Waals surface area contributed by atoms with E-state index in [4.69, 9.17) is 60.3 Å². The molecular formula is C10H16N4S4. The maximum absolute atomic E-state index is 5.44. The normalized spacial score (nSPS) is 11.8. The number of nitrogens with zero attached hydrogens (tertiary/aromatic N) is 1. The Bertz CT molecular complexity index is 426. The van der Waals surface area contributed by atoms with Gasteiger partial charge in [0.15, 0.2) is 4.99 Å². The molecule has 0 fully saturated rings. The SMILES string of the molecule is CC(CC(C)(C)NC(=S)C(N)=S)=NC(=S)C(N)=S. The van der Waals surface area contributed by atoms with Gasteiger partial charge in [-0.1, -0.05) is 48.9 Å². The lowest BCUT2D eigenvalue weighted by molar-refractivity contribution is 0.484. The monoisotopic (exact) mass is 320 g/mol. The molecule has 0 saturated heterocycles. The van der Waals surface area contributed by atoms with Crippen molar-refractivity contribution in [2.45, 2.75) is 32.7 Å². The fourth-order valence-electron chi connectivity index (χ4n) is 1.32. The molecule has 0 unspecified atom stereocenters. The summed E-state index contributed by atoms with van der Waals surface area (Å²) in [6.45, 7) is 5.76. The van der Waals surface area contributed by atoms with Crippen molar-refractivity contribution in [1.29, 1.82) is 0 Å². The van der Waals surface area contributed by atoms with Crippen molar-refractivity contribution in [3.8, 4) is 0 Å². The fourth-order valence-corrected chi connectivity index (χ4v) is 1.85. The molecule has 0 bridgehead atoms. The summed E-state index contributed by atoms with van der Waals surface area (Å²) in [5, 5.41) is 3.07. The van der Waals surface area contributed by atoms with Gasteiger partial charge in [-0.15, -0.1) is 0 Å². The topological polar surface area (TPSA) is 76.4 Å². The fraction of sp³-hybridized carbons (Fsp3) is 0.500. The van der Waals surface area contributed by atoms with Crippen LogP contribution in [0.25, 0.3) is 0 Å². The molecule has 100 valence electrons. The molecule has 0 aliphatic carbocycles. The van der Waals surface area contributed by atoms with Gasteiger partial charge in [-0.05, 0) is 20.8 Å². The second-order valence-electron chi connectivity index (χ2n) is 4.40. The summed E-state index contributed by atoms with van der Waals surface area (Å²) >= 11 is 19.5. The largest absolute Gasteiger partial charge is 0.388 e. The summed E-state index contributed by atoms with van der Waals surface area (Å²) in [4.78, 5) is 5.03. The van der Waals surface area contributed by atoms with Crippen LogP contribution in [-0.4, -0.2) is 31.2 Å². The third-order valence-corrected chi connectivity index (χ3v) is 3.17. The quantitative estimate of drug-likeness (QED) is 0.536. The van der Waals surface area contributed by atoms with Crippen LogP contribution in [0.15, 0.2) is 4.99 Å². The van der Waals surface area contributed by atoms with Gasteiger partial charge in [0.1, 0.15) is 15.0 Å². The van der Waals surface area contributed by atoms with E-state index in [-0.39, 0.29) is 20.5 Å². The number of rotatable bonds is 3. The summed E-state index contributed by atoms with van der Waals surface area (Å²) in [7, 11) is 0. The molecule has 0 amide bonds. The molecule has 8 heteroatoms. The van der Waals surface area contributed by atoms with Crippen LogP contribution in [0.4, 0.5) is 0 Å². The second-order valence-corrected chi connectivity index (χ2v) is 6.07. The van der Waals surface area contributed by atoms with E-state index < -0.39 is 0 Å². The predicted molar refractivity (Wildman–Crippen MR) is 93.7 cm³/mol. The van der Waals surface area contributed by atoms with Gasteiger partial charge < -0.3 is 16.8 Å². The van der Waals surface area contributed by atoms with Crippen LogP contribution in [0.3, 0.4) is 0 Å². The minimum Gasteiger partial charge on any atom is -0.388 e. The Balaban J connectivity index is 4.67. The summed E-state index contributed by atoms with van der Waals surface area (Å²) < 4.78 is 0. The van der Waals surface area contributed by atoms with Gasteiger partial charge >= 0.3 is 0 Å². The maximum Gasteiger partial charge on any atom is 0.160 e. The van der Waals surface area contributed by atoms with Crippen molar-refractivity contribution < 1.29 is 0 Å². The Kier molecular flexibility index (Phi) is 6.90. The average Bonchev–Trinajstić information content (AvgIpc) is 2.14. The zero-order chi connectivity index (χ0) is 14.5. The zero-order valence-corrected chi connectivity index (χ0v) is 13.7. The van der Waals surface area contributed by atoms with Crippen molar-refractivity contribution in [2.24, 2.45) is 16.5 Å². The highest BCUT2D eigenvalue weighted by Gasteiger charge is 2.20. The molecule has 4 nitrogen and oxygen atoms in total. The first-order valence-electron chi connectivity index (χ1n) is 5.05. The molecule has 0 aromatic carbocycles. The second kappa shape index (κ2) is 7.13. The Hall–Kier alpha value is -0.570. The van der Waals surface area contributed by atoms with Crippen LogP contribution in [0.1, 0.15) is 27.2 Å². The Morgan fingerprint density at radius 2 is 1.61 bits per heavy atom. The molecular weight excluding hydrogens is 304 g/mol. The molecule has 0 rings (SSSR count). The standard InChI is InChI=1S/C10H16N4S4/c1-5(13-8(17)6(11)15)4-10(2,3)14-9(18)7(12)16/h4H2,1-3H3,(H2,11,15)(H2,12,16)(H,14,18). The first-order valence-corrected chi connectivity index (χ1v) is 6.68. The van der Waals surface area contributed by atoms with Crippen LogP contribution >= 0.6 is 48.9 Å². The predicted octanol–water partition coefficient (Wildman–Crippen LogP) is 1.43. The molecule has 0 radical (unpaired) electrons. The molecule has 0 saturated carbocycles. The van der Waals surface area contributed by atoms with E-state index in [1.165, 1.54) is 0 Å². The van der Waals surface area contributed by atoms with Crippen LogP contribution in [0.2, 0.25) is 0 Å². The van der Waals surface area contributed by atoms with Gasteiger partial charge in [-0.2, -0.15) is 0 Å². The molecule has 0 aliphatic heterocycles.